The third-order valence-electron chi connectivity index (χ3n) is 4.74. The van der Waals surface area contributed by atoms with Crippen molar-refractivity contribution in [2.45, 2.75) is 25.3 Å². The van der Waals surface area contributed by atoms with E-state index >= 15 is 0 Å². The van der Waals surface area contributed by atoms with Gasteiger partial charge in [0.15, 0.2) is 0 Å². The predicted molar refractivity (Wildman–Crippen MR) is 96.1 cm³/mol. The molecule has 1 unspecified atom stereocenters. The van der Waals surface area contributed by atoms with Crippen molar-refractivity contribution < 1.29 is 19.2 Å². The molecule has 0 saturated carbocycles. The molecule has 1 aromatic carbocycles. The molecule has 1 aromatic rings. The molecule has 0 bridgehead atoms. The van der Waals surface area contributed by atoms with Crippen LogP contribution in [0, 0.1) is 0 Å². The van der Waals surface area contributed by atoms with E-state index in [1.807, 2.05) is 30.3 Å². The van der Waals surface area contributed by atoms with Gasteiger partial charge in [-0.2, -0.15) is 5.01 Å². The number of amides is 5. The van der Waals surface area contributed by atoms with Gasteiger partial charge in [0.1, 0.15) is 5.54 Å². The van der Waals surface area contributed by atoms with Crippen molar-refractivity contribution in [3.05, 3.63) is 35.9 Å². The SMILES string of the molecule is CC1(CCc2ccccc2)NC(=O)N(NC(=O)CN2CCNC(=O)C2)C1=O. The summed E-state index contributed by atoms with van der Waals surface area (Å²) in [5, 5.41) is 6.06. The summed E-state index contributed by atoms with van der Waals surface area (Å²) in [4.78, 5) is 50.1. The standard InChI is InChI=1S/C18H23N5O4/c1-18(8-7-13-5-3-2-4-6-13)16(26)23(17(27)20-18)21-15(25)12-22-10-9-19-14(24)11-22/h2-6H,7-12H2,1H3,(H,19,24)(H,20,27)(H,21,25). The Hall–Kier alpha value is -2.94. The lowest BCUT2D eigenvalue weighted by Gasteiger charge is -2.26. The average Bonchev–Trinajstić information content (AvgIpc) is 2.84. The molecule has 144 valence electrons. The zero-order valence-corrected chi connectivity index (χ0v) is 15.2. The highest BCUT2D eigenvalue weighted by molar-refractivity contribution is 6.07. The fourth-order valence-electron chi connectivity index (χ4n) is 3.18. The molecule has 2 aliphatic rings. The number of carbonyl (C=O) groups is 4. The zero-order valence-electron chi connectivity index (χ0n) is 15.2. The molecule has 2 aliphatic heterocycles. The number of aryl methyl sites for hydroxylation is 1. The van der Waals surface area contributed by atoms with Gasteiger partial charge in [0.2, 0.25) is 5.91 Å². The Morgan fingerprint density at radius 2 is 1.96 bits per heavy atom. The Bertz CT molecular complexity index is 753. The van der Waals surface area contributed by atoms with Gasteiger partial charge in [0.05, 0.1) is 13.1 Å². The van der Waals surface area contributed by atoms with Crippen LogP contribution in [0.1, 0.15) is 18.9 Å². The quantitative estimate of drug-likeness (QED) is 0.577. The fraction of sp³-hybridized carbons (Fsp3) is 0.444. The molecule has 0 aliphatic carbocycles. The zero-order chi connectivity index (χ0) is 19.4. The van der Waals surface area contributed by atoms with Crippen molar-refractivity contribution in [3.8, 4) is 0 Å². The fourth-order valence-corrected chi connectivity index (χ4v) is 3.18. The van der Waals surface area contributed by atoms with Crippen molar-refractivity contribution in [2.75, 3.05) is 26.2 Å². The minimum absolute atomic E-state index is 0.0643. The summed E-state index contributed by atoms with van der Waals surface area (Å²) >= 11 is 0. The highest BCUT2D eigenvalue weighted by Crippen LogP contribution is 2.22. The van der Waals surface area contributed by atoms with Gasteiger partial charge in [0.25, 0.3) is 11.8 Å². The minimum Gasteiger partial charge on any atom is -0.354 e. The second-order valence-corrected chi connectivity index (χ2v) is 6.98. The van der Waals surface area contributed by atoms with Crippen LogP contribution < -0.4 is 16.1 Å². The number of urea groups is 1. The molecule has 3 rings (SSSR count). The average molecular weight is 373 g/mol. The number of hydrazine groups is 1. The maximum atomic E-state index is 12.7. The molecule has 9 heteroatoms. The third-order valence-corrected chi connectivity index (χ3v) is 4.74. The number of carbonyl (C=O) groups excluding carboxylic acids is 4. The molecular formula is C18H23N5O4. The molecule has 0 spiro atoms. The highest BCUT2D eigenvalue weighted by Gasteiger charge is 2.48. The molecule has 2 heterocycles. The Balaban J connectivity index is 1.56. The number of nitrogens with one attached hydrogen (secondary N) is 3. The molecule has 1 atom stereocenters. The van der Waals surface area contributed by atoms with E-state index in [-0.39, 0.29) is 19.0 Å². The van der Waals surface area contributed by atoms with E-state index in [1.54, 1.807) is 11.8 Å². The second-order valence-electron chi connectivity index (χ2n) is 6.98. The maximum absolute atomic E-state index is 12.7. The number of benzene rings is 1. The van der Waals surface area contributed by atoms with Crippen LogP contribution in [0.5, 0.6) is 0 Å². The van der Waals surface area contributed by atoms with Gasteiger partial charge in [-0.1, -0.05) is 30.3 Å². The van der Waals surface area contributed by atoms with Crippen LogP contribution in [0.15, 0.2) is 30.3 Å². The lowest BCUT2D eigenvalue weighted by atomic mass is 9.93. The number of rotatable bonds is 6. The third kappa shape index (κ3) is 4.43. The lowest BCUT2D eigenvalue weighted by Crippen LogP contribution is -2.54. The Morgan fingerprint density at radius 3 is 2.67 bits per heavy atom. The first-order valence-corrected chi connectivity index (χ1v) is 8.86. The molecule has 27 heavy (non-hydrogen) atoms. The summed E-state index contributed by atoms with van der Waals surface area (Å²) in [6.45, 7) is 2.70. The van der Waals surface area contributed by atoms with Crippen molar-refractivity contribution in [1.29, 1.82) is 0 Å². The van der Waals surface area contributed by atoms with Crippen LogP contribution in [0.4, 0.5) is 4.79 Å². The molecule has 0 aromatic heterocycles. The van der Waals surface area contributed by atoms with E-state index < -0.39 is 23.4 Å². The van der Waals surface area contributed by atoms with E-state index in [1.165, 1.54) is 0 Å². The Labute approximate surface area is 157 Å². The van der Waals surface area contributed by atoms with E-state index in [0.29, 0.717) is 25.9 Å². The smallest absolute Gasteiger partial charge is 0.344 e. The van der Waals surface area contributed by atoms with Gasteiger partial charge in [-0.15, -0.1) is 0 Å². The van der Waals surface area contributed by atoms with Crippen LogP contribution in [0.25, 0.3) is 0 Å². The molecule has 2 fully saturated rings. The predicted octanol–water partition coefficient (Wildman–Crippen LogP) is -0.607. The Kier molecular flexibility index (Phi) is 5.41. The van der Waals surface area contributed by atoms with Crippen LogP contribution in [0.3, 0.4) is 0 Å². The summed E-state index contributed by atoms with van der Waals surface area (Å²) < 4.78 is 0. The number of hydrogen-bond acceptors (Lipinski definition) is 5. The van der Waals surface area contributed by atoms with Crippen LogP contribution in [-0.2, 0) is 20.8 Å². The van der Waals surface area contributed by atoms with Crippen molar-refractivity contribution in [2.24, 2.45) is 0 Å². The first-order chi connectivity index (χ1) is 12.9. The van der Waals surface area contributed by atoms with Gasteiger partial charge in [-0.05, 0) is 25.3 Å². The molecule has 0 radical (unpaired) electrons. The summed E-state index contributed by atoms with van der Waals surface area (Å²) in [5.41, 5.74) is 2.34. The highest BCUT2D eigenvalue weighted by atomic mass is 16.2. The van der Waals surface area contributed by atoms with E-state index in [4.69, 9.17) is 0 Å². The summed E-state index contributed by atoms with van der Waals surface area (Å²) in [5.74, 6) is -1.16. The minimum atomic E-state index is -1.08. The van der Waals surface area contributed by atoms with Gasteiger partial charge in [-0.25, -0.2) is 4.79 Å². The second kappa shape index (κ2) is 7.75. The molecule has 3 N–H and O–H groups in total. The topological polar surface area (TPSA) is 111 Å². The monoisotopic (exact) mass is 373 g/mol. The van der Waals surface area contributed by atoms with Gasteiger partial charge < -0.3 is 10.6 Å². The maximum Gasteiger partial charge on any atom is 0.344 e. The largest absolute Gasteiger partial charge is 0.354 e. The van der Waals surface area contributed by atoms with E-state index in [9.17, 15) is 19.2 Å². The van der Waals surface area contributed by atoms with Gasteiger partial charge >= 0.3 is 6.03 Å². The summed E-state index contributed by atoms with van der Waals surface area (Å²) in [7, 11) is 0. The van der Waals surface area contributed by atoms with Crippen LogP contribution in [-0.4, -0.2) is 65.4 Å². The van der Waals surface area contributed by atoms with Crippen molar-refractivity contribution >= 4 is 23.8 Å². The molecule has 9 nitrogen and oxygen atoms in total. The Morgan fingerprint density at radius 1 is 1.22 bits per heavy atom. The van der Waals surface area contributed by atoms with E-state index in [0.717, 1.165) is 10.6 Å². The number of nitrogens with zero attached hydrogens (tertiary/aromatic N) is 2. The molecule has 5 amide bonds. The summed E-state index contributed by atoms with van der Waals surface area (Å²) in [6, 6.07) is 9.01. The van der Waals surface area contributed by atoms with Gasteiger partial charge in [0, 0.05) is 13.1 Å². The number of imide groups is 1. The first-order valence-electron chi connectivity index (χ1n) is 8.86. The van der Waals surface area contributed by atoms with E-state index in [2.05, 4.69) is 16.1 Å². The number of hydrogen-bond donors (Lipinski definition) is 3. The van der Waals surface area contributed by atoms with Crippen molar-refractivity contribution in [1.82, 2.24) is 26.0 Å². The first kappa shape index (κ1) is 18.8. The summed E-state index contributed by atoms with van der Waals surface area (Å²) in [6.07, 6.45) is 1.04. The van der Waals surface area contributed by atoms with Crippen LogP contribution in [0.2, 0.25) is 0 Å². The molecular weight excluding hydrogens is 350 g/mol. The number of piperazine rings is 1. The molecule has 2 saturated heterocycles. The lowest BCUT2D eigenvalue weighted by molar-refractivity contribution is -0.139. The van der Waals surface area contributed by atoms with Gasteiger partial charge in [-0.3, -0.25) is 24.7 Å². The normalized spacial score (nSPS) is 23.1. The van der Waals surface area contributed by atoms with Crippen molar-refractivity contribution in [3.63, 3.8) is 0 Å². The van der Waals surface area contributed by atoms with Crippen LogP contribution >= 0.6 is 0 Å².